The summed E-state index contributed by atoms with van der Waals surface area (Å²) >= 11 is 0. The topological polar surface area (TPSA) is 57.2 Å². The SMILES string of the molecule is CN=C(NCC1(C)CC1)N1CCN(C(=O)C2CCCO2)CC1.I. The molecule has 1 unspecified atom stereocenters. The van der Waals surface area contributed by atoms with Crippen molar-refractivity contribution in [3.8, 4) is 0 Å². The minimum Gasteiger partial charge on any atom is -0.368 e. The molecule has 0 aromatic heterocycles. The van der Waals surface area contributed by atoms with E-state index in [2.05, 4.69) is 22.1 Å². The Balaban J connectivity index is 0.00000192. The molecule has 0 radical (unpaired) electrons. The maximum absolute atomic E-state index is 12.3. The van der Waals surface area contributed by atoms with E-state index < -0.39 is 0 Å². The molecule has 0 aromatic rings. The molecule has 3 aliphatic rings. The molecule has 132 valence electrons. The number of carbonyl (C=O) groups is 1. The zero-order valence-corrected chi connectivity index (χ0v) is 16.5. The molecule has 1 atom stereocenters. The summed E-state index contributed by atoms with van der Waals surface area (Å²) in [6, 6.07) is 0. The van der Waals surface area contributed by atoms with Gasteiger partial charge >= 0.3 is 0 Å². The number of aliphatic imine (C=N–C) groups is 1. The van der Waals surface area contributed by atoms with E-state index in [9.17, 15) is 4.79 Å². The van der Waals surface area contributed by atoms with Gasteiger partial charge in [0.25, 0.3) is 5.91 Å². The lowest BCUT2D eigenvalue weighted by molar-refractivity contribution is -0.142. The summed E-state index contributed by atoms with van der Waals surface area (Å²) in [5.74, 6) is 1.14. The molecule has 0 spiro atoms. The Morgan fingerprint density at radius 3 is 2.43 bits per heavy atom. The number of rotatable bonds is 3. The molecule has 1 aliphatic carbocycles. The minimum atomic E-state index is -0.196. The first kappa shape index (κ1) is 18.8. The third-order valence-electron chi connectivity index (χ3n) is 5.08. The Bertz CT molecular complexity index is 439. The molecular weight excluding hydrogens is 407 g/mol. The first-order valence-electron chi connectivity index (χ1n) is 8.47. The van der Waals surface area contributed by atoms with Crippen LogP contribution < -0.4 is 5.32 Å². The first-order valence-corrected chi connectivity index (χ1v) is 8.47. The average molecular weight is 436 g/mol. The molecule has 1 N–H and O–H groups in total. The summed E-state index contributed by atoms with van der Waals surface area (Å²) in [4.78, 5) is 20.9. The quantitative estimate of drug-likeness (QED) is 0.412. The van der Waals surface area contributed by atoms with Crippen LogP contribution in [-0.4, -0.2) is 74.1 Å². The summed E-state index contributed by atoms with van der Waals surface area (Å²) in [5, 5.41) is 3.49. The number of ether oxygens (including phenoxy) is 1. The van der Waals surface area contributed by atoms with Gasteiger partial charge in [-0.15, -0.1) is 24.0 Å². The molecule has 3 rings (SSSR count). The van der Waals surface area contributed by atoms with Crippen molar-refractivity contribution in [2.45, 2.75) is 38.7 Å². The predicted molar refractivity (Wildman–Crippen MR) is 101 cm³/mol. The number of piperazine rings is 1. The summed E-state index contributed by atoms with van der Waals surface area (Å²) in [7, 11) is 1.83. The van der Waals surface area contributed by atoms with E-state index in [1.165, 1.54) is 12.8 Å². The second-order valence-corrected chi connectivity index (χ2v) is 7.03. The second-order valence-electron chi connectivity index (χ2n) is 7.03. The van der Waals surface area contributed by atoms with Gasteiger partial charge in [0, 0.05) is 46.4 Å². The molecule has 2 saturated heterocycles. The number of carbonyl (C=O) groups excluding carboxylic acids is 1. The van der Waals surface area contributed by atoms with Crippen LogP contribution in [0.3, 0.4) is 0 Å². The van der Waals surface area contributed by atoms with Gasteiger partial charge in [0.05, 0.1) is 0 Å². The van der Waals surface area contributed by atoms with Crippen LogP contribution in [0.1, 0.15) is 32.6 Å². The van der Waals surface area contributed by atoms with Crippen LogP contribution in [0.2, 0.25) is 0 Å². The van der Waals surface area contributed by atoms with Gasteiger partial charge < -0.3 is 19.9 Å². The molecule has 6 nitrogen and oxygen atoms in total. The van der Waals surface area contributed by atoms with E-state index in [1.54, 1.807) is 0 Å². The van der Waals surface area contributed by atoms with Crippen molar-refractivity contribution in [3.05, 3.63) is 0 Å². The molecular formula is C16H29IN4O2. The van der Waals surface area contributed by atoms with E-state index in [0.717, 1.165) is 58.1 Å². The van der Waals surface area contributed by atoms with Crippen LogP contribution in [0, 0.1) is 5.41 Å². The fourth-order valence-electron chi connectivity index (χ4n) is 3.13. The third kappa shape index (κ3) is 4.71. The monoisotopic (exact) mass is 436 g/mol. The Morgan fingerprint density at radius 2 is 1.91 bits per heavy atom. The predicted octanol–water partition coefficient (Wildman–Crippen LogP) is 1.30. The van der Waals surface area contributed by atoms with Crippen molar-refractivity contribution >= 4 is 35.8 Å². The van der Waals surface area contributed by atoms with Gasteiger partial charge in [-0.1, -0.05) is 6.92 Å². The minimum absolute atomic E-state index is 0. The van der Waals surface area contributed by atoms with E-state index in [4.69, 9.17) is 4.74 Å². The lowest BCUT2D eigenvalue weighted by Crippen LogP contribution is -2.55. The van der Waals surface area contributed by atoms with Crippen molar-refractivity contribution in [1.82, 2.24) is 15.1 Å². The fourth-order valence-corrected chi connectivity index (χ4v) is 3.13. The van der Waals surface area contributed by atoms with Crippen LogP contribution >= 0.6 is 24.0 Å². The van der Waals surface area contributed by atoms with Gasteiger partial charge in [-0.2, -0.15) is 0 Å². The summed E-state index contributed by atoms with van der Waals surface area (Å²) in [6.45, 7) is 7.24. The molecule has 7 heteroatoms. The summed E-state index contributed by atoms with van der Waals surface area (Å²) in [6.07, 6.45) is 4.30. The molecule has 1 amide bonds. The zero-order valence-electron chi connectivity index (χ0n) is 14.2. The van der Waals surface area contributed by atoms with E-state index >= 15 is 0 Å². The Hall–Kier alpha value is -0.570. The molecule has 0 bridgehead atoms. The van der Waals surface area contributed by atoms with Gasteiger partial charge in [0.15, 0.2) is 5.96 Å². The molecule has 23 heavy (non-hydrogen) atoms. The van der Waals surface area contributed by atoms with E-state index in [0.29, 0.717) is 5.41 Å². The highest BCUT2D eigenvalue weighted by atomic mass is 127. The number of amides is 1. The van der Waals surface area contributed by atoms with Crippen molar-refractivity contribution < 1.29 is 9.53 Å². The molecule has 2 heterocycles. The molecule has 1 saturated carbocycles. The number of hydrogen-bond donors (Lipinski definition) is 1. The normalized spacial score (nSPS) is 26.7. The summed E-state index contributed by atoms with van der Waals surface area (Å²) < 4.78 is 5.51. The number of halogens is 1. The van der Waals surface area contributed by atoms with Gasteiger partial charge in [-0.3, -0.25) is 9.79 Å². The smallest absolute Gasteiger partial charge is 0.251 e. The largest absolute Gasteiger partial charge is 0.368 e. The van der Waals surface area contributed by atoms with Crippen LogP contribution in [0.15, 0.2) is 4.99 Å². The third-order valence-corrected chi connectivity index (χ3v) is 5.08. The average Bonchev–Trinajstić information content (AvgIpc) is 3.05. The van der Waals surface area contributed by atoms with Gasteiger partial charge in [-0.05, 0) is 31.1 Å². The lowest BCUT2D eigenvalue weighted by Gasteiger charge is -2.37. The zero-order chi connectivity index (χ0) is 15.6. The standard InChI is InChI=1S/C16H28N4O2.HI/c1-16(5-6-16)12-18-15(17-2)20-9-7-19(8-10-20)14(21)13-4-3-11-22-13;/h13H,3-12H2,1-2H3,(H,17,18);1H. The Morgan fingerprint density at radius 1 is 1.26 bits per heavy atom. The van der Waals surface area contributed by atoms with E-state index in [-0.39, 0.29) is 36.0 Å². The van der Waals surface area contributed by atoms with Crippen molar-refractivity contribution in [2.75, 3.05) is 46.4 Å². The van der Waals surface area contributed by atoms with Crippen LogP contribution in [-0.2, 0) is 9.53 Å². The molecule has 0 aromatic carbocycles. The van der Waals surface area contributed by atoms with E-state index in [1.807, 2.05) is 11.9 Å². The summed E-state index contributed by atoms with van der Waals surface area (Å²) in [5.41, 5.74) is 0.466. The van der Waals surface area contributed by atoms with Crippen molar-refractivity contribution in [3.63, 3.8) is 0 Å². The van der Waals surface area contributed by atoms with Crippen molar-refractivity contribution in [1.29, 1.82) is 0 Å². The van der Waals surface area contributed by atoms with Gasteiger partial charge in [0.1, 0.15) is 6.10 Å². The van der Waals surface area contributed by atoms with Crippen LogP contribution in [0.4, 0.5) is 0 Å². The maximum Gasteiger partial charge on any atom is 0.251 e. The fraction of sp³-hybridized carbons (Fsp3) is 0.875. The molecule has 2 aliphatic heterocycles. The second kappa shape index (κ2) is 8.00. The highest BCUT2D eigenvalue weighted by Gasteiger charge is 2.37. The number of guanidine groups is 1. The lowest BCUT2D eigenvalue weighted by atomic mass is 10.1. The maximum atomic E-state index is 12.3. The number of nitrogens with one attached hydrogen (secondary N) is 1. The van der Waals surface area contributed by atoms with Crippen LogP contribution in [0.5, 0.6) is 0 Å². The Labute approximate surface area is 156 Å². The Kier molecular flexibility index (Phi) is 6.53. The highest BCUT2D eigenvalue weighted by molar-refractivity contribution is 14.0. The van der Waals surface area contributed by atoms with Gasteiger partial charge in [-0.25, -0.2) is 0 Å². The van der Waals surface area contributed by atoms with Crippen molar-refractivity contribution in [2.24, 2.45) is 10.4 Å². The molecule has 3 fully saturated rings. The first-order chi connectivity index (χ1) is 10.6. The number of nitrogens with zero attached hydrogens (tertiary/aromatic N) is 3. The van der Waals surface area contributed by atoms with Crippen LogP contribution in [0.25, 0.3) is 0 Å². The van der Waals surface area contributed by atoms with Gasteiger partial charge in [0.2, 0.25) is 0 Å². The number of hydrogen-bond acceptors (Lipinski definition) is 3. The highest BCUT2D eigenvalue weighted by Crippen LogP contribution is 2.44.